The highest BCUT2D eigenvalue weighted by molar-refractivity contribution is 5.00. The molecule has 0 aliphatic rings. The van der Waals surface area contributed by atoms with Gasteiger partial charge in [-0.15, -0.1) is 0 Å². The molecule has 2 N–H and O–H groups in total. The van der Waals surface area contributed by atoms with Crippen molar-refractivity contribution < 1.29 is 10.2 Å². The van der Waals surface area contributed by atoms with E-state index >= 15 is 0 Å². The lowest BCUT2D eigenvalue weighted by Gasteiger charge is -2.26. The topological polar surface area (TPSA) is 40.5 Å². The first-order valence-electron chi connectivity index (χ1n) is 5.09. The Hall–Kier alpha value is -0.340. The highest BCUT2D eigenvalue weighted by Crippen LogP contribution is 2.23. The Bertz CT molecular complexity index is 171. The normalized spacial score (nSPS) is 18.6. The average molecular weight is 200 g/mol. The van der Waals surface area contributed by atoms with Gasteiger partial charge in [-0.3, -0.25) is 0 Å². The average Bonchev–Trinajstić information content (AvgIpc) is 1.95. The molecule has 14 heavy (non-hydrogen) atoms. The quantitative estimate of drug-likeness (QED) is 0.672. The molecule has 0 radical (unpaired) electrons. The van der Waals surface area contributed by atoms with Crippen LogP contribution in [0.25, 0.3) is 0 Å². The lowest BCUT2D eigenvalue weighted by atomic mass is 9.86. The fraction of sp³-hybridized carbons (Fsp3) is 0.833. The highest BCUT2D eigenvalue weighted by Gasteiger charge is 2.22. The Morgan fingerprint density at radius 1 is 0.714 bits per heavy atom. The molecule has 0 saturated heterocycles. The monoisotopic (exact) mass is 200 g/mol. The summed E-state index contributed by atoms with van der Waals surface area (Å²) in [5, 5.41) is 19.4. The molecule has 0 heterocycles. The van der Waals surface area contributed by atoms with Crippen molar-refractivity contribution in [1.82, 2.24) is 0 Å². The molecule has 0 saturated carbocycles. The van der Waals surface area contributed by atoms with Gasteiger partial charge in [-0.25, -0.2) is 0 Å². The molecule has 0 bridgehead atoms. The SMILES string of the molecule is CC(C)(C)[C@H](O)/C=C\[C@H](O)C(C)(C)C. The third-order valence-electron chi connectivity index (χ3n) is 2.25. The predicted molar refractivity (Wildman–Crippen MR) is 60.1 cm³/mol. The van der Waals surface area contributed by atoms with Gasteiger partial charge in [0.15, 0.2) is 0 Å². The van der Waals surface area contributed by atoms with Crippen LogP contribution < -0.4 is 0 Å². The number of aliphatic hydroxyl groups is 2. The zero-order chi connectivity index (χ0) is 11.6. The van der Waals surface area contributed by atoms with Crippen molar-refractivity contribution in [3.8, 4) is 0 Å². The minimum absolute atomic E-state index is 0.173. The number of aliphatic hydroxyl groups excluding tert-OH is 2. The van der Waals surface area contributed by atoms with Crippen molar-refractivity contribution in [2.45, 2.75) is 53.8 Å². The molecule has 0 aromatic carbocycles. The van der Waals surface area contributed by atoms with Crippen LogP contribution in [0.3, 0.4) is 0 Å². The van der Waals surface area contributed by atoms with E-state index in [0.717, 1.165) is 0 Å². The van der Waals surface area contributed by atoms with Gasteiger partial charge in [0, 0.05) is 0 Å². The predicted octanol–water partition coefficient (Wildman–Crippen LogP) is 2.36. The van der Waals surface area contributed by atoms with E-state index in [1.807, 2.05) is 41.5 Å². The van der Waals surface area contributed by atoms with Crippen LogP contribution in [0.2, 0.25) is 0 Å². The van der Waals surface area contributed by atoms with Crippen LogP contribution in [0.15, 0.2) is 12.2 Å². The molecule has 0 rings (SSSR count). The zero-order valence-electron chi connectivity index (χ0n) is 10.2. The van der Waals surface area contributed by atoms with Crippen molar-refractivity contribution in [3.05, 3.63) is 12.2 Å². The number of hydrogen-bond donors (Lipinski definition) is 2. The van der Waals surface area contributed by atoms with Crippen LogP contribution in [0.5, 0.6) is 0 Å². The molecule has 2 atom stereocenters. The third-order valence-corrected chi connectivity index (χ3v) is 2.25. The van der Waals surface area contributed by atoms with Crippen LogP contribution in [-0.2, 0) is 0 Å². The van der Waals surface area contributed by atoms with Crippen molar-refractivity contribution >= 4 is 0 Å². The minimum Gasteiger partial charge on any atom is -0.388 e. The summed E-state index contributed by atoms with van der Waals surface area (Å²) in [5.74, 6) is 0. The molecule has 0 aromatic rings. The molecule has 0 aromatic heterocycles. The molecular formula is C12H24O2. The Kier molecular flexibility index (Phi) is 4.34. The first-order valence-corrected chi connectivity index (χ1v) is 5.09. The molecule has 84 valence electrons. The van der Waals surface area contributed by atoms with E-state index in [9.17, 15) is 10.2 Å². The molecule has 2 heteroatoms. The first-order chi connectivity index (χ1) is 6.05. The molecule has 0 aliphatic carbocycles. The maximum absolute atomic E-state index is 9.70. The summed E-state index contributed by atoms with van der Waals surface area (Å²) in [5.41, 5.74) is -0.345. The van der Waals surface area contributed by atoms with Gasteiger partial charge in [-0.05, 0) is 10.8 Å². The maximum Gasteiger partial charge on any atom is 0.0770 e. The van der Waals surface area contributed by atoms with E-state index in [1.54, 1.807) is 12.2 Å². The van der Waals surface area contributed by atoms with Crippen LogP contribution in [0, 0.1) is 10.8 Å². The minimum atomic E-state index is -0.514. The maximum atomic E-state index is 9.70. The van der Waals surface area contributed by atoms with Crippen LogP contribution in [0.4, 0.5) is 0 Å². The summed E-state index contributed by atoms with van der Waals surface area (Å²) >= 11 is 0. The number of rotatable bonds is 2. The molecule has 0 unspecified atom stereocenters. The lowest BCUT2D eigenvalue weighted by Crippen LogP contribution is -2.27. The lowest BCUT2D eigenvalue weighted by molar-refractivity contribution is 0.0909. The standard InChI is InChI=1S/C12H24O2/c1-11(2,3)9(13)7-8-10(14)12(4,5)6/h7-10,13-14H,1-6H3/b8-7-/t9-,10+. The Labute approximate surface area is 87.7 Å². The van der Waals surface area contributed by atoms with Crippen molar-refractivity contribution in [2.24, 2.45) is 10.8 Å². The molecule has 0 amide bonds. The summed E-state index contributed by atoms with van der Waals surface area (Å²) in [6.45, 7) is 11.8. The van der Waals surface area contributed by atoms with E-state index in [-0.39, 0.29) is 10.8 Å². The van der Waals surface area contributed by atoms with Gasteiger partial charge >= 0.3 is 0 Å². The smallest absolute Gasteiger partial charge is 0.0770 e. The number of hydrogen-bond acceptors (Lipinski definition) is 2. The zero-order valence-corrected chi connectivity index (χ0v) is 10.2. The van der Waals surface area contributed by atoms with E-state index in [0.29, 0.717) is 0 Å². The van der Waals surface area contributed by atoms with Crippen molar-refractivity contribution in [3.63, 3.8) is 0 Å². The van der Waals surface area contributed by atoms with Gasteiger partial charge < -0.3 is 10.2 Å². The van der Waals surface area contributed by atoms with Gasteiger partial charge in [0.1, 0.15) is 0 Å². The fourth-order valence-electron chi connectivity index (χ4n) is 0.788. The third kappa shape index (κ3) is 4.77. The van der Waals surface area contributed by atoms with E-state index in [4.69, 9.17) is 0 Å². The Morgan fingerprint density at radius 3 is 1.07 bits per heavy atom. The van der Waals surface area contributed by atoms with Gasteiger partial charge in [0.25, 0.3) is 0 Å². The van der Waals surface area contributed by atoms with E-state index in [1.165, 1.54) is 0 Å². The summed E-state index contributed by atoms with van der Waals surface area (Å²) < 4.78 is 0. The summed E-state index contributed by atoms with van der Waals surface area (Å²) in [7, 11) is 0. The summed E-state index contributed by atoms with van der Waals surface area (Å²) in [4.78, 5) is 0. The van der Waals surface area contributed by atoms with Gasteiger partial charge in [0.05, 0.1) is 12.2 Å². The second kappa shape index (κ2) is 4.45. The van der Waals surface area contributed by atoms with Crippen LogP contribution in [-0.4, -0.2) is 22.4 Å². The first kappa shape index (κ1) is 13.7. The largest absolute Gasteiger partial charge is 0.388 e. The second-order valence-corrected chi connectivity index (χ2v) is 6.01. The van der Waals surface area contributed by atoms with Crippen molar-refractivity contribution in [1.29, 1.82) is 0 Å². The highest BCUT2D eigenvalue weighted by atomic mass is 16.3. The second-order valence-electron chi connectivity index (χ2n) is 6.01. The summed E-state index contributed by atoms with van der Waals surface area (Å²) in [6.07, 6.45) is 2.32. The molecule has 0 fully saturated rings. The van der Waals surface area contributed by atoms with Crippen LogP contribution in [0.1, 0.15) is 41.5 Å². The van der Waals surface area contributed by atoms with E-state index < -0.39 is 12.2 Å². The van der Waals surface area contributed by atoms with Crippen molar-refractivity contribution in [2.75, 3.05) is 0 Å². The van der Waals surface area contributed by atoms with Gasteiger partial charge in [-0.2, -0.15) is 0 Å². The molecule has 0 spiro atoms. The van der Waals surface area contributed by atoms with Gasteiger partial charge in [0.2, 0.25) is 0 Å². The Morgan fingerprint density at radius 2 is 0.929 bits per heavy atom. The summed E-state index contributed by atoms with van der Waals surface area (Å²) in [6, 6.07) is 0. The molecule has 0 aliphatic heterocycles. The molecule has 2 nitrogen and oxygen atoms in total. The molecular weight excluding hydrogens is 176 g/mol. The van der Waals surface area contributed by atoms with Crippen LogP contribution >= 0.6 is 0 Å². The fourth-order valence-corrected chi connectivity index (χ4v) is 0.788. The van der Waals surface area contributed by atoms with Gasteiger partial charge in [-0.1, -0.05) is 53.7 Å². The Balaban J connectivity index is 4.32. The van der Waals surface area contributed by atoms with E-state index in [2.05, 4.69) is 0 Å².